The van der Waals surface area contributed by atoms with Crippen LogP contribution in [0.15, 0.2) is 59.8 Å². The molecule has 0 aliphatic rings. The Morgan fingerprint density at radius 2 is 1.73 bits per heavy atom. The Hall–Kier alpha value is -3.15. The van der Waals surface area contributed by atoms with Crippen LogP contribution < -0.4 is 9.46 Å². The lowest BCUT2D eigenvalue weighted by Crippen LogP contribution is -2.20. The third-order valence-corrected chi connectivity index (χ3v) is 4.52. The van der Waals surface area contributed by atoms with E-state index in [-0.39, 0.29) is 5.69 Å². The van der Waals surface area contributed by atoms with E-state index in [1.165, 1.54) is 47.4 Å². The number of nitrogens with zero attached hydrogens (tertiary/aromatic N) is 4. The minimum atomic E-state index is -5.01. The topological polar surface area (TPSA) is 99.0 Å². The maximum Gasteiger partial charge on any atom is 0.573 e. The fraction of sp³-hybridized carbons (Fsp3) is 0.0714. The van der Waals surface area contributed by atoms with Crippen LogP contribution in [0.1, 0.15) is 0 Å². The Labute approximate surface area is 145 Å². The summed E-state index contributed by atoms with van der Waals surface area (Å²) < 4.78 is 69.6. The summed E-state index contributed by atoms with van der Waals surface area (Å²) in [4.78, 5) is -0.637. The quantitative estimate of drug-likeness (QED) is 0.724. The molecule has 0 unspecified atom stereocenters. The van der Waals surface area contributed by atoms with E-state index in [2.05, 4.69) is 25.0 Å². The second-order valence-corrected chi connectivity index (χ2v) is 6.55. The summed E-state index contributed by atoms with van der Waals surface area (Å²) in [6, 6.07) is 10.4. The van der Waals surface area contributed by atoms with Crippen LogP contribution in [0.3, 0.4) is 0 Å². The molecule has 1 N–H and O–H groups in total. The molecule has 3 rings (SSSR count). The summed E-state index contributed by atoms with van der Waals surface area (Å²) in [7, 11) is -4.31. The van der Waals surface area contributed by atoms with Crippen molar-refractivity contribution in [3.63, 3.8) is 0 Å². The van der Waals surface area contributed by atoms with Gasteiger partial charge >= 0.3 is 6.36 Å². The summed E-state index contributed by atoms with van der Waals surface area (Å²) in [6.07, 6.45) is -3.66. The average Bonchev–Trinajstić information content (AvgIpc) is 3.08. The van der Waals surface area contributed by atoms with Gasteiger partial charge in [0.25, 0.3) is 10.0 Å². The molecule has 12 heteroatoms. The molecule has 0 bridgehead atoms. The molecule has 0 aliphatic heterocycles. The highest BCUT2D eigenvalue weighted by Gasteiger charge is 2.34. The highest BCUT2D eigenvalue weighted by atomic mass is 32.2. The van der Waals surface area contributed by atoms with Crippen molar-refractivity contribution in [1.82, 2.24) is 20.2 Å². The fourth-order valence-corrected chi connectivity index (χ4v) is 3.24. The van der Waals surface area contributed by atoms with E-state index in [1.54, 1.807) is 0 Å². The molecule has 3 aromatic rings. The number of benzene rings is 2. The van der Waals surface area contributed by atoms with Crippen LogP contribution >= 0.6 is 0 Å². The molecule has 0 saturated heterocycles. The predicted octanol–water partition coefficient (Wildman–Crippen LogP) is 2.36. The van der Waals surface area contributed by atoms with Crippen LogP contribution in [0, 0.1) is 0 Å². The third-order valence-electron chi connectivity index (χ3n) is 3.10. The van der Waals surface area contributed by atoms with Crippen molar-refractivity contribution in [2.75, 3.05) is 4.72 Å². The number of ether oxygens (including phenoxy) is 1. The van der Waals surface area contributed by atoms with Crippen molar-refractivity contribution in [2.45, 2.75) is 11.3 Å². The number of hydrogen-bond donors (Lipinski definition) is 1. The Balaban J connectivity index is 1.86. The fourth-order valence-electron chi connectivity index (χ4n) is 2.05. The molecule has 0 fully saturated rings. The Kier molecular flexibility index (Phi) is 4.50. The molecular weight excluding hydrogens is 375 g/mol. The van der Waals surface area contributed by atoms with Crippen LogP contribution in [0.2, 0.25) is 0 Å². The van der Waals surface area contributed by atoms with E-state index in [0.29, 0.717) is 5.69 Å². The van der Waals surface area contributed by atoms with Crippen LogP contribution in [0.4, 0.5) is 18.9 Å². The molecule has 8 nitrogen and oxygen atoms in total. The van der Waals surface area contributed by atoms with Gasteiger partial charge in [-0.2, -0.15) is 0 Å². The SMILES string of the molecule is O=S(=O)(Nc1ccc(-n2cnnn2)cc1)c1ccccc1OC(F)(F)F. The highest BCUT2D eigenvalue weighted by Crippen LogP contribution is 2.30. The van der Waals surface area contributed by atoms with Gasteiger partial charge in [-0.15, -0.1) is 18.3 Å². The van der Waals surface area contributed by atoms with Gasteiger partial charge in [-0.1, -0.05) is 12.1 Å². The van der Waals surface area contributed by atoms with Crippen molar-refractivity contribution < 1.29 is 26.3 Å². The number of hydrogen-bond acceptors (Lipinski definition) is 6. The molecule has 0 saturated carbocycles. The van der Waals surface area contributed by atoms with Gasteiger partial charge in [0.05, 0.1) is 5.69 Å². The number of halogens is 3. The average molecular weight is 385 g/mol. The zero-order valence-corrected chi connectivity index (χ0v) is 13.6. The molecule has 136 valence electrons. The molecule has 0 spiro atoms. The number of anilines is 1. The van der Waals surface area contributed by atoms with Gasteiger partial charge in [0, 0.05) is 5.69 Å². The van der Waals surface area contributed by atoms with E-state index in [1.807, 2.05) is 0 Å². The molecule has 0 atom stereocenters. The molecule has 0 aliphatic carbocycles. The number of nitrogens with one attached hydrogen (secondary N) is 1. The molecule has 1 aromatic heterocycles. The first-order valence-electron chi connectivity index (χ1n) is 6.96. The Morgan fingerprint density at radius 1 is 1.04 bits per heavy atom. The van der Waals surface area contributed by atoms with Gasteiger partial charge in [-0.25, -0.2) is 13.1 Å². The third kappa shape index (κ3) is 4.08. The normalized spacial score (nSPS) is 12.0. The van der Waals surface area contributed by atoms with Crippen LogP contribution in [-0.4, -0.2) is 35.0 Å². The van der Waals surface area contributed by atoms with Crippen molar-refractivity contribution in [2.24, 2.45) is 0 Å². The molecule has 1 heterocycles. The molecule has 2 aromatic carbocycles. The van der Waals surface area contributed by atoms with Gasteiger partial charge in [0.2, 0.25) is 0 Å². The standard InChI is InChI=1S/C14H10F3N5O3S/c15-14(16,17)25-12-3-1-2-4-13(12)26(23,24)19-10-5-7-11(8-6-10)22-9-18-20-21-22/h1-9,19H. The monoisotopic (exact) mass is 385 g/mol. The summed E-state index contributed by atoms with van der Waals surface area (Å²) in [5.74, 6) is -0.821. The lowest BCUT2D eigenvalue weighted by molar-refractivity contribution is -0.275. The van der Waals surface area contributed by atoms with Crippen LogP contribution in [-0.2, 0) is 10.0 Å². The number of aromatic nitrogens is 4. The van der Waals surface area contributed by atoms with Crippen LogP contribution in [0.5, 0.6) is 5.75 Å². The smallest absolute Gasteiger partial charge is 0.404 e. The first kappa shape index (κ1) is 17.7. The largest absolute Gasteiger partial charge is 0.573 e. The number of para-hydroxylation sites is 1. The first-order chi connectivity index (χ1) is 12.2. The zero-order valence-electron chi connectivity index (χ0n) is 12.8. The lowest BCUT2D eigenvalue weighted by Gasteiger charge is -2.14. The van der Waals surface area contributed by atoms with E-state index in [4.69, 9.17) is 0 Å². The van der Waals surface area contributed by atoms with Crippen molar-refractivity contribution in [1.29, 1.82) is 0 Å². The second kappa shape index (κ2) is 6.63. The summed E-state index contributed by atoms with van der Waals surface area (Å²) >= 11 is 0. The molecule has 0 radical (unpaired) electrons. The van der Waals surface area contributed by atoms with E-state index in [0.717, 1.165) is 12.1 Å². The van der Waals surface area contributed by atoms with Crippen molar-refractivity contribution >= 4 is 15.7 Å². The van der Waals surface area contributed by atoms with Crippen molar-refractivity contribution in [3.8, 4) is 11.4 Å². The predicted molar refractivity (Wildman–Crippen MR) is 83.1 cm³/mol. The number of alkyl halides is 3. The van der Waals surface area contributed by atoms with Gasteiger partial charge < -0.3 is 4.74 Å². The van der Waals surface area contributed by atoms with Crippen LogP contribution in [0.25, 0.3) is 5.69 Å². The molecular formula is C14H10F3N5O3S. The molecule has 26 heavy (non-hydrogen) atoms. The minimum Gasteiger partial charge on any atom is -0.404 e. The van der Waals surface area contributed by atoms with Gasteiger partial charge in [-0.3, -0.25) is 4.72 Å². The van der Waals surface area contributed by atoms with Gasteiger partial charge in [0.1, 0.15) is 17.0 Å². The summed E-state index contributed by atoms with van der Waals surface area (Å²) in [5, 5.41) is 10.6. The summed E-state index contributed by atoms with van der Waals surface area (Å²) in [6.45, 7) is 0. The minimum absolute atomic E-state index is 0.142. The maximum atomic E-state index is 12.5. The lowest BCUT2D eigenvalue weighted by atomic mass is 10.3. The maximum absolute atomic E-state index is 12.5. The van der Waals surface area contributed by atoms with Gasteiger partial charge in [0.15, 0.2) is 0 Å². The van der Waals surface area contributed by atoms with Gasteiger partial charge in [-0.05, 0) is 46.8 Å². The highest BCUT2D eigenvalue weighted by molar-refractivity contribution is 7.92. The number of tetrazole rings is 1. The number of sulfonamides is 1. The second-order valence-electron chi connectivity index (χ2n) is 4.90. The van der Waals surface area contributed by atoms with E-state index >= 15 is 0 Å². The molecule has 0 amide bonds. The Morgan fingerprint density at radius 3 is 2.35 bits per heavy atom. The van der Waals surface area contributed by atoms with E-state index in [9.17, 15) is 21.6 Å². The number of rotatable bonds is 5. The first-order valence-corrected chi connectivity index (χ1v) is 8.44. The van der Waals surface area contributed by atoms with Crippen molar-refractivity contribution in [3.05, 3.63) is 54.9 Å². The summed E-state index contributed by atoms with van der Waals surface area (Å²) in [5.41, 5.74) is 0.711. The Bertz CT molecular complexity index is 989. The van der Waals surface area contributed by atoms with E-state index < -0.39 is 27.0 Å². The zero-order chi connectivity index (χ0) is 18.8.